The molecule has 0 atom stereocenters. The summed E-state index contributed by atoms with van der Waals surface area (Å²) in [6.45, 7) is 4.71. The average molecular weight is 277 g/mol. The lowest BCUT2D eigenvalue weighted by Gasteiger charge is -2.13. The fourth-order valence-corrected chi connectivity index (χ4v) is 2.04. The molecule has 0 aliphatic rings. The van der Waals surface area contributed by atoms with Crippen LogP contribution in [0.4, 0.5) is 5.69 Å². The van der Waals surface area contributed by atoms with Crippen LogP contribution in [-0.4, -0.2) is 12.1 Å². The number of halogens is 1. The lowest BCUT2D eigenvalue weighted by Crippen LogP contribution is -2.02. The lowest BCUT2D eigenvalue weighted by atomic mass is 10.2. The number of aryl methyl sites for hydroxylation is 2. The molecule has 0 bridgehead atoms. The van der Waals surface area contributed by atoms with E-state index in [9.17, 15) is 0 Å². The van der Waals surface area contributed by atoms with E-state index in [0.717, 1.165) is 28.1 Å². The first-order valence-electron chi connectivity index (χ1n) is 6.08. The third-order valence-electron chi connectivity index (χ3n) is 2.90. The third-order valence-corrected chi connectivity index (χ3v) is 3.30. The van der Waals surface area contributed by atoms with Gasteiger partial charge in [-0.3, -0.25) is 4.98 Å². The molecule has 0 amide bonds. The number of methoxy groups -OCH3 is 1. The smallest absolute Gasteiger partial charge is 0.143 e. The quantitative estimate of drug-likeness (QED) is 0.917. The van der Waals surface area contributed by atoms with E-state index in [-0.39, 0.29) is 0 Å². The minimum absolute atomic E-state index is 0.701. The van der Waals surface area contributed by atoms with Crippen LogP contribution in [0.15, 0.2) is 30.6 Å². The number of hydrogen-bond acceptors (Lipinski definition) is 3. The summed E-state index contributed by atoms with van der Waals surface area (Å²) in [5.41, 5.74) is 4.24. The van der Waals surface area contributed by atoms with Crippen molar-refractivity contribution in [2.45, 2.75) is 20.4 Å². The topological polar surface area (TPSA) is 34.1 Å². The number of benzene rings is 1. The standard InChI is InChI=1S/C15H17ClN2O/c1-10-4-12(8-17-7-10)9-18-14-5-11(2)13(16)6-15(14)19-3/h4-8,18H,9H2,1-3H3. The average Bonchev–Trinajstić information content (AvgIpc) is 2.39. The maximum absolute atomic E-state index is 6.08. The van der Waals surface area contributed by atoms with Gasteiger partial charge in [-0.1, -0.05) is 17.7 Å². The number of nitrogens with one attached hydrogen (secondary N) is 1. The van der Waals surface area contributed by atoms with E-state index >= 15 is 0 Å². The van der Waals surface area contributed by atoms with Gasteiger partial charge in [0.1, 0.15) is 5.75 Å². The molecule has 4 heteroatoms. The summed E-state index contributed by atoms with van der Waals surface area (Å²) in [6, 6.07) is 5.92. The number of ether oxygens (including phenoxy) is 1. The lowest BCUT2D eigenvalue weighted by molar-refractivity contribution is 0.416. The zero-order valence-electron chi connectivity index (χ0n) is 11.3. The summed E-state index contributed by atoms with van der Waals surface area (Å²) < 4.78 is 5.33. The van der Waals surface area contributed by atoms with E-state index in [4.69, 9.17) is 16.3 Å². The van der Waals surface area contributed by atoms with Crippen LogP contribution in [0.5, 0.6) is 5.75 Å². The highest BCUT2D eigenvalue weighted by atomic mass is 35.5. The van der Waals surface area contributed by atoms with Crippen molar-refractivity contribution in [3.63, 3.8) is 0 Å². The van der Waals surface area contributed by atoms with Crippen LogP contribution in [0.3, 0.4) is 0 Å². The molecule has 0 aliphatic heterocycles. The molecular formula is C15H17ClN2O. The maximum Gasteiger partial charge on any atom is 0.143 e. The van der Waals surface area contributed by atoms with Crippen molar-refractivity contribution >= 4 is 17.3 Å². The van der Waals surface area contributed by atoms with Gasteiger partial charge in [0.25, 0.3) is 0 Å². The first-order valence-corrected chi connectivity index (χ1v) is 6.46. The molecule has 0 saturated heterocycles. The molecule has 0 aliphatic carbocycles. The van der Waals surface area contributed by atoms with Crippen LogP contribution >= 0.6 is 11.6 Å². The molecule has 1 aromatic heterocycles. The van der Waals surface area contributed by atoms with Crippen LogP contribution in [0.1, 0.15) is 16.7 Å². The van der Waals surface area contributed by atoms with Crippen molar-refractivity contribution < 1.29 is 4.74 Å². The molecule has 2 rings (SSSR count). The van der Waals surface area contributed by atoms with Crippen molar-refractivity contribution in [1.82, 2.24) is 4.98 Å². The second kappa shape index (κ2) is 5.93. The van der Waals surface area contributed by atoms with Gasteiger partial charge in [-0.2, -0.15) is 0 Å². The predicted octanol–water partition coefficient (Wildman–Crippen LogP) is 3.97. The van der Waals surface area contributed by atoms with Gasteiger partial charge in [0.2, 0.25) is 0 Å². The highest BCUT2D eigenvalue weighted by Crippen LogP contribution is 2.31. The highest BCUT2D eigenvalue weighted by molar-refractivity contribution is 6.31. The van der Waals surface area contributed by atoms with Crippen molar-refractivity contribution in [2.24, 2.45) is 0 Å². The van der Waals surface area contributed by atoms with Gasteiger partial charge < -0.3 is 10.1 Å². The van der Waals surface area contributed by atoms with Gasteiger partial charge >= 0.3 is 0 Å². The Morgan fingerprint density at radius 3 is 2.68 bits per heavy atom. The van der Waals surface area contributed by atoms with Crippen molar-refractivity contribution in [1.29, 1.82) is 0 Å². The molecule has 0 unspecified atom stereocenters. The van der Waals surface area contributed by atoms with Gasteiger partial charge in [-0.25, -0.2) is 0 Å². The molecule has 0 saturated carbocycles. The fraction of sp³-hybridized carbons (Fsp3) is 0.267. The molecule has 0 fully saturated rings. The van der Waals surface area contributed by atoms with Crippen molar-refractivity contribution in [3.8, 4) is 5.75 Å². The summed E-state index contributed by atoms with van der Waals surface area (Å²) in [4.78, 5) is 4.18. The summed E-state index contributed by atoms with van der Waals surface area (Å²) in [5, 5.41) is 4.06. The molecule has 100 valence electrons. The van der Waals surface area contributed by atoms with Crippen molar-refractivity contribution in [2.75, 3.05) is 12.4 Å². The number of nitrogens with zero attached hydrogens (tertiary/aromatic N) is 1. The Morgan fingerprint density at radius 1 is 1.21 bits per heavy atom. The number of rotatable bonds is 4. The monoisotopic (exact) mass is 276 g/mol. The van der Waals surface area contributed by atoms with Gasteiger partial charge in [-0.15, -0.1) is 0 Å². The first-order chi connectivity index (χ1) is 9.10. The number of pyridine rings is 1. The van der Waals surface area contributed by atoms with Gasteiger partial charge in [0.05, 0.1) is 12.8 Å². The summed E-state index contributed by atoms with van der Waals surface area (Å²) in [5.74, 6) is 0.746. The normalized spacial score (nSPS) is 10.3. The van der Waals surface area contributed by atoms with Crippen LogP contribution in [-0.2, 0) is 6.54 Å². The SMILES string of the molecule is COc1cc(Cl)c(C)cc1NCc1cncc(C)c1. The molecule has 2 aromatic rings. The molecule has 1 N–H and O–H groups in total. The van der Waals surface area contributed by atoms with Gasteiger partial charge in [0, 0.05) is 30.0 Å². The fourth-order valence-electron chi connectivity index (χ4n) is 1.88. The highest BCUT2D eigenvalue weighted by Gasteiger charge is 2.06. The first kappa shape index (κ1) is 13.7. The van der Waals surface area contributed by atoms with Crippen LogP contribution in [0, 0.1) is 13.8 Å². The largest absolute Gasteiger partial charge is 0.495 e. The van der Waals surface area contributed by atoms with Crippen LogP contribution in [0.25, 0.3) is 0 Å². The van der Waals surface area contributed by atoms with E-state index in [1.54, 1.807) is 7.11 Å². The molecule has 19 heavy (non-hydrogen) atoms. The van der Waals surface area contributed by atoms with Crippen LogP contribution in [0.2, 0.25) is 5.02 Å². The zero-order chi connectivity index (χ0) is 13.8. The molecular weight excluding hydrogens is 260 g/mol. The van der Waals surface area contributed by atoms with Gasteiger partial charge in [-0.05, 0) is 36.6 Å². The molecule has 0 spiro atoms. The zero-order valence-corrected chi connectivity index (χ0v) is 12.1. The van der Waals surface area contributed by atoms with Crippen molar-refractivity contribution in [3.05, 3.63) is 52.3 Å². The number of hydrogen-bond donors (Lipinski definition) is 1. The van der Waals surface area contributed by atoms with E-state index < -0.39 is 0 Å². The number of anilines is 1. The Hall–Kier alpha value is -1.74. The number of aromatic nitrogens is 1. The molecule has 1 heterocycles. The van der Waals surface area contributed by atoms with E-state index in [0.29, 0.717) is 11.6 Å². The second-order valence-corrected chi connectivity index (χ2v) is 4.93. The molecule has 3 nitrogen and oxygen atoms in total. The Kier molecular flexibility index (Phi) is 4.27. The van der Waals surface area contributed by atoms with Crippen LogP contribution < -0.4 is 10.1 Å². The van der Waals surface area contributed by atoms with E-state index in [2.05, 4.69) is 16.4 Å². The minimum atomic E-state index is 0.701. The Balaban J connectivity index is 2.17. The maximum atomic E-state index is 6.08. The molecule has 0 radical (unpaired) electrons. The Bertz CT molecular complexity index is 584. The summed E-state index contributed by atoms with van der Waals surface area (Å²) in [6.07, 6.45) is 3.70. The van der Waals surface area contributed by atoms with E-state index in [1.807, 2.05) is 38.4 Å². The third kappa shape index (κ3) is 3.38. The Labute approximate surface area is 118 Å². The van der Waals surface area contributed by atoms with E-state index in [1.165, 1.54) is 0 Å². The predicted molar refractivity (Wildman–Crippen MR) is 79.0 cm³/mol. The van der Waals surface area contributed by atoms with Gasteiger partial charge in [0.15, 0.2) is 0 Å². The molecule has 1 aromatic carbocycles. The Morgan fingerprint density at radius 2 is 2.00 bits per heavy atom. The summed E-state index contributed by atoms with van der Waals surface area (Å²) >= 11 is 6.08. The summed E-state index contributed by atoms with van der Waals surface area (Å²) in [7, 11) is 1.64. The second-order valence-electron chi connectivity index (χ2n) is 4.53. The minimum Gasteiger partial charge on any atom is -0.495 e.